The van der Waals surface area contributed by atoms with Crippen LogP contribution in [0, 0.1) is 0 Å². The lowest BCUT2D eigenvalue weighted by Gasteiger charge is -2.13. The number of hydrogen-bond acceptors (Lipinski definition) is 7. The molecule has 0 fully saturated rings. The van der Waals surface area contributed by atoms with Gasteiger partial charge in [0.05, 0.1) is 25.5 Å². The average molecular weight is 349 g/mol. The molecule has 7 nitrogen and oxygen atoms in total. The van der Waals surface area contributed by atoms with Gasteiger partial charge in [0.25, 0.3) is 0 Å². The Bertz CT molecular complexity index is 1010. The van der Waals surface area contributed by atoms with E-state index in [1.54, 1.807) is 50.6 Å². The molecule has 1 atom stereocenters. The molecule has 0 amide bonds. The number of methoxy groups -OCH3 is 2. The Morgan fingerprint density at radius 3 is 2.69 bits per heavy atom. The molecule has 7 heteroatoms. The molecule has 3 aromatic rings. The van der Waals surface area contributed by atoms with Gasteiger partial charge < -0.3 is 14.0 Å². The Balaban J connectivity index is 1.69. The lowest BCUT2D eigenvalue weighted by atomic mass is 9.94. The van der Waals surface area contributed by atoms with Gasteiger partial charge in [-0.05, 0) is 24.3 Å². The van der Waals surface area contributed by atoms with Gasteiger partial charge >= 0.3 is 0 Å². The van der Waals surface area contributed by atoms with Crippen molar-refractivity contribution in [2.45, 2.75) is 5.92 Å². The monoisotopic (exact) mass is 349 g/mol. The minimum absolute atomic E-state index is 0.118. The number of Topliss-reactive ketones (excluding diaryl/α,β-unsaturated/α-hetero) is 1. The molecule has 0 aliphatic carbocycles. The van der Waals surface area contributed by atoms with Gasteiger partial charge in [0.2, 0.25) is 11.7 Å². The van der Waals surface area contributed by atoms with Crippen molar-refractivity contribution in [1.29, 1.82) is 0 Å². The zero-order chi connectivity index (χ0) is 18.1. The summed E-state index contributed by atoms with van der Waals surface area (Å²) in [5.41, 5.74) is 1.83. The van der Waals surface area contributed by atoms with Crippen molar-refractivity contribution < 1.29 is 18.8 Å². The lowest BCUT2D eigenvalue weighted by Crippen LogP contribution is -2.18. The number of nitrogens with zero attached hydrogens (tertiary/aromatic N) is 3. The van der Waals surface area contributed by atoms with Crippen molar-refractivity contribution >= 4 is 17.7 Å². The summed E-state index contributed by atoms with van der Waals surface area (Å²) < 4.78 is 15.9. The third-order valence-electron chi connectivity index (χ3n) is 4.17. The maximum absolute atomic E-state index is 12.7. The van der Waals surface area contributed by atoms with Gasteiger partial charge in [-0.3, -0.25) is 9.79 Å². The van der Waals surface area contributed by atoms with Crippen molar-refractivity contribution in [3.63, 3.8) is 0 Å². The molecule has 1 unspecified atom stereocenters. The zero-order valence-corrected chi connectivity index (χ0v) is 14.2. The summed E-state index contributed by atoms with van der Waals surface area (Å²) in [4.78, 5) is 21.4. The lowest BCUT2D eigenvalue weighted by molar-refractivity contribution is 0.0971. The highest BCUT2D eigenvalue weighted by atomic mass is 16.5. The second-order valence-electron chi connectivity index (χ2n) is 5.66. The minimum atomic E-state index is -0.699. The second-order valence-corrected chi connectivity index (χ2v) is 5.66. The van der Waals surface area contributed by atoms with E-state index in [4.69, 9.17) is 14.0 Å². The Labute approximate surface area is 149 Å². The van der Waals surface area contributed by atoms with E-state index in [0.29, 0.717) is 34.1 Å². The number of hydrogen-bond donors (Lipinski definition) is 0. The van der Waals surface area contributed by atoms with Gasteiger partial charge in [0.1, 0.15) is 17.4 Å². The molecule has 0 N–H and O–H groups in total. The highest BCUT2D eigenvalue weighted by molar-refractivity contribution is 6.15. The predicted octanol–water partition coefficient (Wildman–Crippen LogP) is 3.44. The number of benzene rings is 2. The van der Waals surface area contributed by atoms with E-state index < -0.39 is 5.92 Å². The molecule has 130 valence electrons. The number of rotatable bonds is 4. The van der Waals surface area contributed by atoms with E-state index in [1.165, 1.54) is 6.21 Å². The van der Waals surface area contributed by atoms with Crippen LogP contribution in [0.2, 0.25) is 0 Å². The average Bonchev–Trinajstić information content (AvgIpc) is 3.17. The van der Waals surface area contributed by atoms with E-state index in [0.717, 1.165) is 0 Å². The minimum Gasteiger partial charge on any atom is -0.497 e. The van der Waals surface area contributed by atoms with Crippen LogP contribution in [0.25, 0.3) is 11.4 Å². The highest BCUT2D eigenvalue weighted by Crippen LogP contribution is 2.34. The van der Waals surface area contributed by atoms with E-state index in [1.807, 2.05) is 6.07 Å². The molecule has 1 aromatic heterocycles. The van der Waals surface area contributed by atoms with Gasteiger partial charge in [0, 0.05) is 17.8 Å². The second kappa shape index (κ2) is 6.44. The summed E-state index contributed by atoms with van der Waals surface area (Å²) in [5.74, 6) is 0.912. The summed E-state index contributed by atoms with van der Waals surface area (Å²) in [6, 6.07) is 12.5. The van der Waals surface area contributed by atoms with Crippen molar-refractivity contribution in [2.75, 3.05) is 14.2 Å². The molecule has 4 rings (SSSR count). The number of fused-ring (bicyclic) bond motifs is 1. The first-order chi connectivity index (χ1) is 12.7. The molecular weight excluding hydrogens is 334 g/mol. The van der Waals surface area contributed by atoms with Crippen molar-refractivity contribution in [3.05, 3.63) is 53.9 Å². The third kappa shape index (κ3) is 2.63. The molecule has 1 aliphatic heterocycles. The quantitative estimate of drug-likeness (QED) is 0.717. The van der Waals surface area contributed by atoms with Crippen molar-refractivity contribution in [1.82, 2.24) is 10.1 Å². The maximum Gasteiger partial charge on any atom is 0.243 e. The molecule has 0 bridgehead atoms. The molecular formula is C19H15N3O4. The van der Waals surface area contributed by atoms with Crippen molar-refractivity contribution in [2.24, 2.45) is 4.99 Å². The summed E-state index contributed by atoms with van der Waals surface area (Å²) >= 11 is 0. The van der Waals surface area contributed by atoms with E-state index in [9.17, 15) is 4.79 Å². The van der Waals surface area contributed by atoms with Gasteiger partial charge in [-0.15, -0.1) is 0 Å². The standard InChI is InChI=1S/C19H15N3O4/c1-24-11-7-8-13(16(9-11)25-2)18-21-19(26-22-18)14-10-20-15-6-4-3-5-12(15)17(14)23/h3-10,14H,1-2H3. The molecule has 1 aliphatic rings. The van der Waals surface area contributed by atoms with Crippen LogP contribution in [0.3, 0.4) is 0 Å². The topological polar surface area (TPSA) is 86.8 Å². The largest absolute Gasteiger partial charge is 0.497 e. The highest BCUT2D eigenvalue weighted by Gasteiger charge is 2.31. The number of ketones is 1. The number of carbonyl (C=O) groups excluding carboxylic acids is 1. The zero-order valence-electron chi connectivity index (χ0n) is 14.2. The van der Waals surface area contributed by atoms with Crippen molar-refractivity contribution in [3.8, 4) is 22.9 Å². The number of carbonyl (C=O) groups is 1. The predicted molar refractivity (Wildman–Crippen MR) is 94.5 cm³/mol. The Hall–Kier alpha value is -3.48. The first-order valence-electron chi connectivity index (χ1n) is 7.94. The number of para-hydroxylation sites is 1. The summed E-state index contributed by atoms with van der Waals surface area (Å²) in [5, 5.41) is 4.00. The summed E-state index contributed by atoms with van der Waals surface area (Å²) in [6.45, 7) is 0. The van der Waals surface area contributed by atoms with Gasteiger partial charge in [-0.1, -0.05) is 17.3 Å². The normalized spacial score (nSPS) is 15.6. The Morgan fingerprint density at radius 1 is 1.04 bits per heavy atom. The number of aromatic nitrogens is 2. The third-order valence-corrected chi connectivity index (χ3v) is 4.17. The molecule has 2 aromatic carbocycles. The Morgan fingerprint density at radius 2 is 1.88 bits per heavy atom. The fourth-order valence-corrected chi connectivity index (χ4v) is 2.81. The SMILES string of the molecule is COc1ccc(-c2noc(C3C=Nc4ccccc4C3=O)n2)c(OC)c1. The first-order valence-corrected chi connectivity index (χ1v) is 7.94. The fourth-order valence-electron chi connectivity index (χ4n) is 2.81. The first kappa shape index (κ1) is 16.0. The van der Waals surface area contributed by atoms with Crippen LogP contribution in [0.4, 0.5) is 5.69 Å². The molecule has 0 saturated heterocycles. The van der Waals surface area contributed by atoms with Gasteiger partial charge in [-0.2, -0.15) is 4.98 Å². The number of ether oxygens (including phenoxy) is 2. The van der Waals surface area contributed by atoms with Gasteiger partial charge in [0.15, 0.2) is 5.78 Å². The van der Waals surface area contributed by atoms with E-state index in [2.05, 4.69) is 15.1 Å². The maximum atomic E-state index is 12.7. The van der Waals surface area contributed by atoms with Crippen LogP contribution in [0.15, 0.2) is 52.0 Å². The summed E-state index contributed by atoms with van der Waals surface area (Å²) in [7, 11) is 3.13. The molecule has 26 heavy (non-hydrogen) atoms. The van der Waals surface area contributed by atoms with Crippen LogP contribution in [-0.2, 0) is 0 Å². The van der Waals surface area contributed by atoms with Crippen LogP contribution in [0.1, 0.15) is 22.2 Å². The Kier molecular flexibility index (Phi) is 3.96. The summed E-state index contributed by atoms with van der Waals surface area (Å²) in [6.07, 6.45) is 1.53. The van der Waals surface area contributed by atoms with Crippen LogP contribution >= 0.6 is 0 Å². The van der Waals surface area contributed by atoms with Gasteiger partial charge in [-0.25, -0.2) is 0 Å². The van der Waals surface area contributed by atoms with Crippen LogP contribution in [-0.4, -0.2) is 36.4 Å². The van der Waals surface area contributed by atoms with E-state index >= 15 is 0 Å². The van der Waals surface area contributed by atoms with E-state index in [-0.39, 0.29) is 11.7 Å². The van der Waals surface area contributed by atoms with Crippen LogP contribution in [0.5, 0.6) is 11.5 Å². The molecule has 2 heterocycles. The smallest absolute Gasteiger partial charge is 0.243 e. The molecule has 0 radical (unpaired) electrons. The van der Waals surface area contributed by atoms with Crippen LogP contribution < -0.4 is 9.47 Å². The fraction of sp³-hybridized carbons (Fsp3) is 0.158. The number of aliphatic imine (C=N–C) groups is 1. The molecule has 0 spiro atoms. The molecule has 0 saturated carbocycles.